The SMILES string of the molecule is CC1CN(c2ccc(-c3cc4nccnc4c(OC[C@@H]4CN(S(C)(=O)=O)CCO4)n3)cc2)CCO1. The summed E-state index contributed by atoms with van der Waals surface area (Å²) >= 11 is 0. The zero-order valence-corrected chi connectivity index (χ0v) is 20.6. The Labute approximate surface area is 204 Å². The minimum atomic E-state index is -3.28. The molecular formula is C24H29N5O5S. The maximum atomic E-state index is 11.9. The highest BCUT2D eigenvalue weighted by Gasteiger charge is 2.27. The van der Waals surface area contributed by atoms with Crippen LogP contribution in [-0.4, -0.2) is 92.1 Å². The number of anilines is 1. The lowest BCUT2D eigenvalue weighted by Crippen LogP contribution is -2.47. The summed E-state index contributed by atoms with van der Waals surface area (Å²) in [6.07, 6.45) is 4.24. The molecule has 3 aromatic rings. The molecule has 0 radical (unpaired) electrons. The summed E-state index contributed by atoms with van der Waals surface area (Å²) in [7, 11) is -3.28. The third-order valence-corrected chi connectivity index (χ3v) is 7.44. The van der Waals surface area contributed by atoms with Crippen molar-refractivity contribution < 1.29 is 22.6 Å². The largest absolute Gasteiger partial charge is 0.473 e. The Morgan fingerprint density at radius 2 is 1.83 bits per heavy atom. The quantitative estimate of drug-likeness (QED) is 0.503. The molecule has 0 amide bonds. The average molecular weight is 500 g/mol. The topological polar surface area (TPSA) is 107 Å². The van der Waals surface area contributed by atoms with E-state index in [-0.39, 0.29) is 19.3 Å². The Morgan fingerprint density at radius 1 is 1.06 bits per heavy atom. The third-order valence-electron chi connectivity index (χ3n) is 6.17. The molecule has 0 aliphatic carbocycles. The van der Waals surface area contributed by atoms with Gasteiger partial charge in [-0.1, -0.05) is 12.1 Å². The highest BCUT2D eigenvalue weighted by atomic mass is 32.2. The highest BCUT2D eigenvalue weighted by Crippen LogP contribution is 2.29. The van der Waals surface area contributed by atoms with E-state index in [2.05, 4.69) is 33.9 Å². The van der Waals surface area contributed by atoms with Crippen LogP contribution in [-0.2, 0) is 19.5 Å². The molecule has 2 aromatic heterocycles. The van der Waals surface area contributed by atoms with Gasteiger partial charge in [-0.2, -0.15) is 4.31 Å². The van der Waals surface area contributed by atoms with Crippen LogP contribution in [0.25, 0.3) is 22.3 Å². The van der Waals surface area contributed by atoms with Gasteiger partial charge in [0, 0.05) is 49.8 Å². The van der Waals surface area contributed by atoms with Crippen LogP contribution in [0.2, 0.25) is 0 Å². The van der Waals surface area contributed by atoms with E-state index in [0.717, 1.165) is 36.6 Å². The number of pyridine rings is 1. The second kappa shape index (κ2) is 10.0. The Hall–Kier alpha value is -2.86. The number of ether oxygens (including phenoxy) is 3. The lowest BCUT2D eigenvalue weighted by Gasteiger charge is -2.33. The van der Waals surface area contributed by atoms with Crippen molar-refractivity contribution in [1.29, 1.82) is 0 Å². The molecule has 0 spiro atoms. The molecule has 2 saturated heterocycles. The van der Waals surface area contributed by atoms with Gasteiger partial charge < -0.3 is 19.1 Å². The van der Waals surface area contributed by atoms with E-state index in [1.54, 1.807) is 12.4 Å². The fourth-order valence-electron chi connectivity index (χ4n) is 4.35. The van der Waals surface area contributed by atoms with Gasteiger partial charge >= 0.3 is 0 Å². The van der Waals surface area contributed by atoms with Crippen LogP contribution in [0.5, 0.6) is 5.88 Å². The minimum Gasteiger partial charge on any atom is -0.473 e. The van der Waals surface area contributed by atoms with E-state index in [9.17, 15) is 8.42 Å². The van der Waals surface area contributed by atoms with Gasteiger partial charge in [0.25, 0.3) is 0 Å². The molecule has 2 atom stereocenters. The number of nitrogens with zero attached hydrogens (tertiary/aromatic N) is 5. The first-order chi connectivity index (χ1) is 16.9. The van der Waals surface area contributed by atoms with Gasteiger partial charge in [0.2, 0.25) is 15.9 Å². The first-order valence-electron chi connectivity index (χ1n) is 11.6. The maximum Gasteiger partial charge on any atom is 0.242 e. The number of sulfonamides is 1. The second-order valence-corrected chi connectivity index (χ2v) is 10.8. The molecular weight excluding hydrogens is 470 g/mol. The predicted octanol–water partition coefficient (Wildman–Crippen LogP) is 1.96. The predicted molar refractivity (Wildman–Crippen MR) is 132 cm³/mol. The molecule has 2 aliphatic rings. The van der Waals surface area contributed by atoms with E-state index in [0.29, 0.717) is 30.1 Å². The summed E-state index contributed by atoms with van der Waals surface area (Å²) in [4.78, 5) is 15.9. The Kier molecular flexibility index (Phi) is 6.83. The Bertz CT molecular complexity index is 1290. The lowest BCUT2D eigenvalue weighted by molar-refractivity contribution is -0.0252. The molecule has 0 N–H and O–H groups in total. The van der Waals surface area contributed by atoms with Crippen LogP contribution in [0.1, 0.15) is 6.92 Å². The second-order valence-electron chi connectivity index (χ2n) is 8.84. The van der Waals surface area contributed by atoms with Crippen molar-refractivity contribution in [1.82, 2.24) is 19.3 Å². The van der Waals surface area contributed by atoms with Crippen LogP contribution in [0.4, 0.5) is 5.69 Å². The summed E-state index contributed by atoms with van der Waals surface area (Å²) in [6, 6.07) is 10.2. The fraction of sp³-hybridized carbons (Fsp3) is 0.458. The molecule has 1 aromatic carbocycles. The third kappa shape index (κ3) is 5.53. The van der Waals surface area contributed by atoms with Crippen LogP contribution >= 0.6 is 0 Å². The number of rotatable bonds is 6. The standard InChI is InChI=1S/C24H29N5O5S/c1-17-14-28(9-11-32-17)19-5-3-18(4-6-19)21-13-22-23(26-8-7-25-22)24(27-21)34-16-20-15-29(10-12-33-20)35(2,30)31/h3-8,13,17,20H,9-12,14-16H2,1-2H3/t17?,20-/m0/s1. The van der Waals surface area contributed by atoms with Crippen LogP contribution < -0.4 is 9.64 Å². The van der Waals surface area contributed by atoms with E-state index in [4.69, 9.17) is 19.2 Å². The molecule has 10 nitrogen and oxygen atoms in total. The molecule has 2 fully saturated rings. The molecule has 5 rings (SSSR count). The molecule has 186 valence electrons. The van der Waals surface area contributed by atoms with Crippen molar-refractivity contribution in [3.63, 3.8) is 0 Å². The van der Waals surface area contributed by atoms with Gasteiger partial charge in [-0.05, 0) is 25.1 Å². The molecule has 1 unspecified atom stereocenters. The number of benzene rings is 1. The maximum absolute atomic E-state index is 11.9. The van der Waals surface area contributed by atoms with Crippen molar-refractivity contribution in [2.45, 2.75) is 19.1 Å². The monoisotopic (exact) mass is 499 g/mol. The zero-order valence-electron chi connectivity index (χ0n) is 19.8. The summed E-state index contributed by atoms with van der Waals surface area (Å²) in [5, 5.41) is 0. The molecule has 4 heterocycles. The number of hydrogen-bond donors (Lipinski definition) is 0. The highest BCUT2D eigenvalue weighted by molar-refractivity contribution is 7.88. The number of aromatic nitrogens is 3. The molecule has 0 saturated carbocycles. The summed E-state index contributed by atoms with van der Waals surface area (Å²) in [5.74, 6) is 0.344. The normalized spacial score (nSPS) is 21.8. The fourth-order valence-corrected chi connectivity index (χ4v) is 5.20. The number of fused-ring (bicyclic) bond motifs is 1. The average Bonchev–Trinajstić information content (AvgIpc) is 2.87. The Morgan fingerprint density at radius 3 is 2.60 bits per heavy atom. The smallest absolute Gasteiger partial charge is 0.242 e. The van der Waals surface area contributed by atoms with Crippen LogP contribution in [0.15, 0.2) is 42.7 Å². The van der Waals surface area contributed by atoms with Crippen LogP contribution in [0.3, 0.4) is 0 Å². The molecule has 0 bridgehead atoms. The lowest BCUT2D eigenvalue weighted by atomic mass is 10.1. The van der Waals surface area contributed by atoms with Crippen molar-refractivity contribution in [3.8, 4) is 17.1 Å². The Balaban J connectivity index is 1.37. The molecule has 11 heteroatoms. The van der Waals surface area contributed by atoms with Gasteiger partial charge in [-0.15, -0.1) is 0 Å². The number of hydrogen-bond acceptors (Lipinski definition) is 9. The summed E-state index contributed by atoms with van der Waals surface area (Å²) in [6.45, 7) is 5.60. The van der Waals surface area contributed by atoms with Crippen LogP contribution in [0, 0.1) is 0 Å². The van der Waals surface area contributed by atoms with Gasteiger partial charge in [-0.25, -0.2) is 18.4 Å². The summed E-state index contributed by atoms with van der Waals surface area (Å²) in [5.41, 5.74) is 4.01. The number of morpholine rings is 2. The van der Waals surface area contributed by atoms with Gasteiger partial charge in [0.05, 0.1) is 36.8 Å². The van der Waals surface area contributed by atoms with Crippen molar-refractivity contribution in [3.05, 3.63) is 42.7 Å². The summed E-state index contributed by atoms with van der Waals surface area (Å²) < 4.78 is 42.6. The van der Waals surface area contributed by atoms with E-state index < -0.39 is 16.1 Å². The minimum absolute atomic E-state index is 0.155. The van der Waals surface area contributed by atoms with E-state index >= 15 is 0 Å². The van der Waals surface area contributed by atoms with Gasteiger partial charge in [0.15, 0.2) is 5.52 Å². The molecule has 35 heavy (non-hydrogen) atoms. The van der Waals surface area contributed by atoms with Gasteiger partial charge in [-0.3, -0.25) is 4.98 Å². The first-order valence-corrected chi connectivity index (χ1v) is 13.5. The van der Waals surface area contributed by atoms with Crippen molar-refractivity contribution in [2.75, 3.05) is 57.2 Å². The van der Waals surface area contributed by atoms with E-state index in [1.807, 2.05) is 18.2 Å². The van der Waals surface area contributed by atoms with Crippen molar-refractivity contribution in [2.24, 2.45) is 0 Å². The zero-order chi connectivity index (χ0) is 24.4. The first kappa shape index (κ1) is 23.9. The van der Waals surface area contributed by atoms with E-state index in [1.165, 1.54) is 10.6 Å². The molecule has 2 aliphatic heterocycles. The van der Waals surface area contributed by atoms with Crippen molar-refractivity contribution >= 4 is 26.7 Å². The van der Waals surface area contributed by atoms with Gasteiger partial charge in [0.1, 0.15) is 12.7 Å².